The molecule has 7 rings (SSSR count). The van der Waals surface area contributed by atoms with E-state index in [9.17, 15) is 0 Å². The van der Waals surface area contributed by atoms with Gasteiger partial charge in [0, 0.05) is 107 Å². The Bertz CT molecular complexity index is 2710. The molecule has 360 valence electrons. The lowest BCUT2D eigenvalue weighted by molar-refractivity contribution is 0.0513. The third kappa shape index (κ3) is 13.9. The van der Waals surface area contributed by atoms with Gasteiger partial charge in [0.1, 0.15) is 34.5 Å². The largest absolute Gasteiger partial charge is 0.467 e. The van der Waals surface area contributed by atoms with Crippen molar-refractivity contribution in [2.75, 3.05) is 83.4 Å². The summed E-state index contributed by atoms with van der Waals surface area (Å²) in [4.78, 5) is 0. The predicted octanol–water partition coefficient (Wildman–Crippen LogP) is 11.2. The molecule has 0 aliphatic carbocycles. The van der Waals surface area contributed by atoms with Gasteiger partial charge in [0.05, 0.1) is 0 Å². The summed E-state index contributed by atoms with van der Waals surface area (Å²) in [6.07, 6.45) is 0. The Morgan fingerprint density at radius 1 is 0.236 bits per heavy atom. The van der Waals surface area contributed by atoms with E-state index in [1.54, 1.807) is 42.7 Å². The average Bonchev–Trinajstić information content (AvgIpc) is 3.41. The maximum Gasteiger partial charge on any atom is 0.188 e. The zero-order valence-electron chi connectivity index (χ0n) is 40.5. The van der Waals surface area contributed by atoms with Gasteiger partial charge in [0.25, 0.3) is 0 Å². The number of ether oxygens (including phenoxy) is 12. The molecule has 12 bridgehead atoms. The molecule has 0 unspecified atom stereocenters. The van der Waals surface area contributed by atoms with E-state index in [1.165, 1.54) is 0 Å². The fraction of sp³-hybridized carbons (Fsp3) is 0.200. The third-order valence-corrected chi connectivity index (χ3v) is 10.2. The van der Waals surface area contributed by atoms with Crippen LogP contribution in [0.1, 0.15) is 0 Å². The summed E-state index contributed by atoms with van der Waals surface area (Å²) in [6, 6.07) is 70.5. The number of fused-ring (bicyclic) bond motifs is 15. The van der Waals surface area contributed by atoms with Crippen molar-refractivity contribution in [2.45, 2.75) is 0 Å². The first-order chi connectivity index (χ1) is 35.4. The predicted molar refractivity (Wildman–Crippen MR) is 272 cm³/mol. The second-order valence-corrected chi connectivity index (χ2v) is 15.1. The Morgan fingerprint density at radius 3 is 0.528 bits per heavy atom. The van der Waals surface area contributed by atoms with Crippen LogP contribution in [0.5, 0.6) is 34.5 Å². The molecule has 0 saturated heterocycles. The molecule has 7 aromatic rings. The maximum atomic E-state index is 6.05. The van der Waals surface area contributed by atoms with Gasteiger partial charge in [-0.05, 0) is 146 Å². The lowest BCUT2D eigenvalue weighted by Crippen LogP contribution is -2.00. The second kappa shape index (κ2) is 26.8. The molecule has 0 amide bonds. The standard InChI is InChI=1S/C60H48O12/c1-61-37-67-55-25-19-43-13-7-8-15-45-21-27-57(69-39-63-3)51(33-45)53-35-47(23-29-59(53)71-41-65-5)17-11-12-18-48-24-30-60(72-42-66-6)54(36-48)52-34-46(22-28-58(52)70-40-64-4)16-10-9-14-44-20-26-56(68-38-62-2)50(32-44)49(55)31-43/h19-36H,37-42H2,1-6H3. The minimum absolute atomic E-state index is 0.00402. The van der Waals surface area contributed by atoms with Gasteiger partial charge >= 0.3 is 0 Å². The Hall–Kier alpha value is -8.76. The molecule has 12 heteroatoms. The van der Waals surface area contributed by atoms with E-state index in [2.05, 4.69) is 72.8 Å². The quantitative estimate of drug-likeness (QED) is 0.0764. The zero-order valence-corrected chi connectivity index (χ0v) is 40.5. The fourth-order valence-electron chi connectivity index (χ4n) is 7.02. The molecular formula is C60H48O12. The molecule has 0 fully saturated rings. The lowest BCUT2D eigenvalue weighted by atomic mass is 10.1. The van der Waals surface area contributed by atoms with Gasteiger partial charge in [-0.25, -0.2) is 0 Å². The number of hydrogen-bond donors (Lipinski definition) is 0. The van der Waals surface area contributed by atoms with E-state index < -0.39 is 0 Å². The molecule has 0 N–H and O–H groups in total. The smallest absolute Gasteiger partial charge is 0.188 e. The summed E-state index contributed by atoms with van der Waals surface area (Å²) >= 11 is 0. The summed E-state index contributed by atoms with van der Waals surface area (Å²) in [5.41, 5.74) is 0. The summed E-state index contributed by atoms with van der Waals surface area (Å²) in [5, 5.41) is 8.04. The van der Waals surface area contributed by atoms with Crippen molar-refractivity contribution in [1.82, 2.24) is 0 Å². The van der Waals surface area contributed by atoms with Crippen LogP contribution in [0.4, 0.5) is 0 Å². The Morgan fingerprint density at radius 2 is 0.389 bits per heavy atom. The van der Waals surface area contributed by atoms with Crippen molar-refractivity contribution in [2.24, 2.45) is 0 Å². The molecule has 0 radical (unpaired) electrons. The molecule has 0 aliphatic rings. The highest BCUT2D eigenvalue weighted by Gasteiger charge is 2.10. The normalized spacial score (nSPS) is 10.1. The fourth-order valence-corrected chi connectivity index (χ4v) is 7.02. The molecule has 0 aliphatic heterocycles. The van der Waals surface area contributed by atoms with Crippen molar-refractivity contribution in [3.63, 3.8) is 0 Å². The molecule has 0 heterocycles. The van der Waals surface area contributed by atoms with Gasteiger partial charge < -0.3 is 56.8 Å². The van der Waals surface area contributed by atoms with Crippen molar-refractivity contribution in [3.05, 3.63) is 182 Å². The third-order valence-electron chi connectivity index (χ3n) is 10.2. The van der Waals surface area contributed by atoms with Gasteiger partial charge in [-0.1, -0.05) is 36.4 Å². The van der Waals surface area contributed by atoms with Crippen LogP contribution in [-0.4, -0.2) is 83.4 Å². The average molecular weight is 961 g/mol. The van der Waals surface area contributed by atoms with Gasteiger partial charge in [-0.15, -0.1) is 0 Å². The first kappa shape index (κ1) is 51.1. The highest BCUT2D eigenvalue weighted by molar-refractivity contribution is 5.98. The topological polar surface area (TPSA) is 111 Å². The van der Waals surface area contributed by atoms with Crippen LogP contribution in [0, 0.1) is 72.8 Å². The monoisotopic (exact) mass is 960 g/mol. The van der Waals surface area contributed by atoms with Gasteiger partial charge in [-0.3, -0.25) is 0 Å². The van der Waals surface area contributed by atoms with Crippen LogP contribution in [0.3, 0.4) is 0 Å². The minimum Gasteiger partial charge on any atom is -0.467 e. The number of rotatable bonds is 18. The molecule has 12 nitrogen and oxygen atoms in total. The summed E-state index contributed by atoms with van der Waals surface area (Å²) in [7, 11) is 9.32. The maximum absolute atomic E-state index is 6.05. The van der Waals surface area contributed by atoms with Crippen molar-refractivity contribution >= 4 is 64.6 Å². The molecule has 0 aromatic heterocycles. The number of hydrogen-bond acceptors (Lipinski definition) is 12. The summed E-state index contributed by atoms with van der Waals surface area (Å²) in [6.45, 7) is 0.0241. The molecule has 7 aromatic carbocycles. The van der Waals surface area contributed by atoms with Gasteiger partial charge in [0.15, 0.2) is 40.8 Å². The highest BCUT2D eigenvalue weighted by atomic mass is 16.7. The van der Waals surface area contributed by atoms with Crippen LogP contribution < -0.4 is 28.4 Å². The Kier molecular flexibility index (Phi) is 19.1. The summed E-state index contributed by atoms with van der Waals surface area (Å²) in [5.74, 6) is 3.17. The molecule has 72 heavy (non-hydrogen) atoms. The first-order valence-electron chi connectivity index (χ1n) is 22.1. The highest BCUT2D eigenvalue weighted by Crippen LogP contribution is 2.35. The van der Waals surface area contributed by atoms with Crippen LogP contribution in [0.25, 0.3) is 64.6 Å². The van der Waals surface area contributed by atoms with E-state index in [0.29, 0.717) is 99.1 Å². The molecule has 0 atom stereocenters. The molecule has 0 spiro atoms. The SMILES string of the molecule is COCOc1ccc2c#cc#cc3ccc(OCOC)c(c3)c3cc(c#cc#cc4ccc(OCOC)c(c4)c4cc(c#cc#cc5ccc(OCOC)c(c5)c1c2)ccc4OCOC)ccc3OCOC. The second-order valence-electron chi connectivity index (χ2n) is 15.1. The van der Waals surface area contributed by atoms with Crippen LogP contribution >= 0.6 is 0 Å². The molecular weight excluding hydrogens is 913 g/mol. The van der Waals surface area contributed by atoms with Crippen LogP contribution in [-0.2, 0) is 28.4 Å². The zero-order chi connectivity index (χ0) is 50.3. The van der Waals surface area contributed by atoms with Crippen molar-refractivity contribution in [1.29, 1.82) is 0 Å². The van der Waals surface area contributed by atoms with E-state index in [-0.39, 0.29) is 40.8 Å². The lowest BCUT2D eigenvalue weighted by Gasteiger charge is -2.11. The van der Waals surface area contributed by atoms with E-state index in [0.717, 1.165) is 0 Å². The first-order valence-corrected chi connectivity index (χ1v) is 22.1. The number of methoxy groups -OCH3 is 6. The summed E-state index contributed by atoms with van der Waals surface area (Å²) < 4.78 is 67.9. The van der Waals surface area contributed by atoms with Gasteiger partial charge in [0.2, 0.25) is 0 Å². The van der Waals surface area contributed by atoms with Gasteiger partial charge in [-0.2, -0.15) is 0 Å². The van der Waals surface area contributed by atoms with Crippen molar-refractivity contribution in [3.8, 4) is 34.5 Å². The van der Waals surface area contributed by atoms with E-state index in [4.69, 9.17) is 56.8 Å². The van der Waals surface area contributed by atoms with E-state index in [1.807, 2.05) is 109 Å². The minimum atomic E-state index is 0.00402. The van der Waals surface area contributed by atoms with Crippen molar-refractivity contribution < 1.29 is 56.8 Å². The Balaban J connectivity index is 1.55. The Labute approximate surface area is 419 Å². The van der Waals surface area contributed by atoms with Crippen LogP contribution in [0.15, 0.2) is 109 Å². The van der Waals surface area contributed by atoms with E-state index >= 15 is 0 Å². The van der Waals surface area contributed by atoms with Crippen LogP contribution in [0.2, 0.25) is 0 Å². The molecule has 0 saturated carbocycles. The number of benzene rings is 6.